The molecular weight excluding hydrogens is 262 g/mol. The first kappa shape index (κ1) is 13.9. The zero-order chi connectivity index (χ0) is 13.9. The lowest BCUT2D eigenvalue weighted by molar-refractivity contribution is 0.0696. The second-order valence-corrected chi connectivity index (χ2v) is 6.08. The summed E-state index contributed by atoms with van der Waals surface area (Å²) in [5, 5.41) is 11.7. The third kappa shape index (κ3) is 3.10. The fourth-order valence-corrected chi connectivity index (χ4v) is 3.05. The van der Waals surface area contributed by atoms with Crippen molar-refractivity contribution in [2.45, 2.75) is 24.0 Å². The Morgan fingerprint density at radius 2 is 1.84 bits per heavy atom. The van der Waals surface area contributed by atoms with Crippen molar-refractivity contribution in [2.75, 3.05) is 12.8 Å². The number of rotatable bonds is 5. The van der Waals surface area contributed by atoms with Gasteiger partial charge >= 0.3 is 5.97 Å². The molecule has 5 heteroatoms. The number of carboxylic acid groups (broad SMARTS) is 1. The van der Waals surface area contributed by atoms with E-state index in [0.29, 0.717) is 12.1 Å². The standard InChI is InChI=1S/C14H17NO3S/c1-19-14(7-2-8-14)9-15-12(16)10-3-5-11(6-4-10)13(17)18/h3-6H,2,7-9H2,1H3,(H,15,16)(H,17,18). The molecule has 2 N–H and O–H groups in total. The zero-order valence-corrected chi connectivity index (χ0v) is 11.6. The first-order valence-corrected chi connectivity index (χ1v) is 7.45. The van der Waals surface area contributed by atoms with E-state index in [4.69, 9.17) is 5.11 Å². The molecule has 1 amide bonds. The van der Waals surface area contributed by atoms with Crippen molar-refractivity contribution in [1.29, 1.82) is 0 Å². The third-order valence-electron chi connectivity index (χ3n) is 3.66. The van der Waals surface area contributed by atoms with Gasteiger partial charge in [-0.25, -0.2) is 4.79 Å². The topological polar surface area (TPSA) is 66.4 Å². The summed E-state index contributed by atoms with van der Waals surface area (Å²) in [5.41, 5.74) is 0.691. The van der Waals surface area contributed by atoms with E-state index >= 15 is 0 Å². The minimum Gasteiger partial charge on any atom is -0.478 e. The number of hydrogen-bond donors (Lipinski definition) is 2. The highest BCUT2D eigenvalue weighted by molar-refractivity contribution is 8.00. The Kier molecular flexibility index (Phi) is 4.14. The molecular formula is C14H17NO3S. The number of thioether (sulfide) groups is 1. The average Bonchev–Trinajstić information content (AvgIpc) is 2.38. The van der Waals surface area contributed by atoms with E-state index in [0.717, 1.165) is 12.8 Å². The Hall–Kier alpha value is -1.49. The Balaban J connectivity index is 1.94. The van der Waals surface area contributed by atoms with E-state index in [9.17, 15) is 9.59 Å². The van der Waals surface area contributed by atoms with Gasteiger partial charge in [-0.05, 0) is 43.4 Å². The van der Waals surface area contributed by atoms with Crippen molar-refractivity contribution < 1.29 is 14.7 Å². The van der Waals surface area contributed by atoms with Gasteiger partial charge in [0.1, 0.15) is 0 Å². The molecule has 0 saturated heterocycles. The van der Waals surface area contributed by atoms with Gasteiger partial charge in [-0.15, -0.1) is 0 Å². The van der Waals surface area contributed by atoms with Crippen LogP contribution in [-0.2, 0) is 0 Å². The lowest BCUT2D eigenvalue weighted by Crippen LogP contribution is -2.45. The summed E-state index contributed by atoms with van der Waals surface area (Å²) < 4.78 is 0.205. The van der Waals surface area contributed by atoms with Crippen LogP contribution in [0.2, 0.25) is 0 Å². The third-order valence-corrected chi connectivity index (χ3v) is 5.08. The molecule has 0 radical (unpaired) electrons. The molecule has 0 spiro atoms. The Morgan fingerprint density at radius 3 is 2.26 bits per heavy atom. The number of aromatic carboxylic acids is 1. The molecule has 0 atom stereocenters. The molecule has 0 aliphatic heterocycles. The van der Waals surface area contributed by atoms with E-state index in [2.05, 4.69) is 11.6 Å². The minimum absolute atomic E-state index is 0.141. The zero-order valence-electron chi connectivity index (χ0n) is 10.8. The van der Waals surface area contributed by atoms with Gasteiger partial charge in [0, 0.05) is 16.9 Å². The van der Waals surface area contributed by atoms with Gasteiger partial charge < -0.3 is 10.4 Å². The van der Waals surface area contributed by atoms with Crippen LogP contribution in [0.3, 0.4) is 0 Å². The largest absolute Gasteiger partial charge is 0.478 e. The normalized spacial score (nSPS) is 16.5. The Morgan fingerprint density at radius 1 is 1.26 bits per heavy atom. The van der Waals surface area contributed by atoms with Crippen LogP contribution >= 0.6 is 11.8 Å². The number of carbonyl (C=O) groups is 2. The highest BCUT2D eigenvalue weighted by atomic mass is 32.2. The van der Waals surface area contributed by atoms with Gasteiger partial charge in [-0.2, -0.15) is 11.8 Å². The van der Waals surface area contributed by atoms with Crippen molar-refractivity contribution in [1.82, 2.24) is 5.32 Å². The average molecular weight is 279 g/mol. The Bertz CT molecular complexity index is 474. The van der Waals surface area contributed by atoms with Gasteiger partial charge in [-0.1, -0.05) is 6.42 Å². The van der Waals surface area contributed by atoms with E-state index < -0.39 is 5.97 Å². The fourth-order valence-electron chi connectivity index (χ4n) is 2.13. The van der Waals surface area contributed by atoms with Crippen molar-refractivity contribution in [3.63, 3.8) is 0 Å². The number of amides is 1. The van der Waals surface area contributed by atoms with Crippen LogP contribution in [0.1, 0.15) is 40.0 Å². The molecule has 4 nitrogen and oxygen atoms in total. The van der Waals surface area contributed by atoms with Gasteiger partial charge in [0.2, 0.25) is 0 Å². The van der Waals surface area contributed by atoms with Gasteiger partial charge in [0.25, 0.3) is 5.91 Å². The second-order valence-electron chi connectivity index (χ2n) is 4.81. The maximum absolute atomic E-state index is 12.0. The first-order valence-electron chi connectivity index (χ1n) is 6.23. The van der Waals surface area contributed by atoms with Crippen LogP contribution in [0.25, 0.3) is 0 Å². The number of carbonyl (C=O) groups excluding carboxylic acids is 1. The van der Waals surface area contributed by atoms with Crippen LogP contribution in [0.5, 0.6) is 0 Å². The molecule has 1 aromatic rings. The van der Waals surface area contributed by atoms with Crippen molar-refractivity contribution in [3.8, 4) is 0 Å². The monoisotopic (exact) mass is 279 g/mol. The molecule has 19 heavy (non-hydrogen) atoms. The van der Waals surface area contributed by atoms with Gasteiger partial charge in [0.15, 0.2) is 0 Å². The van der Waals surface area contributed by atoms with E-state index in [1.807, 2.05) is 11.8 Å². The molecule has 102 valence electrons. The SMILES string of the molecule is CSC1(CNC(=O)c2ccc(C(=O)O)cc2)CCC1. The number of benzene rings is 1. The summed E-state index contributed by atoms with van der Waals surface area (Å²) in [6, 6.07) is 5.99. The molecule has 2 rings (SSSR count). The molecule has 1 fully saturated rings. The highest BCUT2D eigenvalue weighted by Crippen LogP contribution is 2.42. The van der Waals surface area contributed by atoms with Crippen LogP contribution < -0.4 is 5.32 Å². The summed E-state index contributed by atoms with van der Waals surface area (Å²) in [7, 11) is 0. The molecule has 0 bridgehead atoms. The minimum atomic E-state index is -0.984. The molecule has 0 heterocycles. The molecule has 1 aliphatic carbocycles. The van der Waals surface area contributed by atoms with Crippen LogP contribution in [0.15, 0.2) is 24.3 Å². The van der Waals surface area contributed by atoms with Crippen molar-refractivity contribution in [2.24, 2.45) is 0 Å². The summed E-state index contributed by atoms with van der Waals surface area (Å²) in [4.78, 5) is 22.7. The van der Waals surface area contributed by atoms with Crippen molar-refractivity contribution in [3.05, 3.63) is 35.4 Å². The lowest BCUT2D eigenvalue weighted by atomic mass is 9.84. The smallest absolute Gasteiger partial charge is 0.335 e. The van der Waals surface area contributed by atoms with Crippen LogP contribution in [-0.4, -0.2) is 34.5 Å². The molecule has 0 unspecified atom stereocenters. The maximum Gasteiger partial charge on any atom is 0.335 e. The quantitative estimate of drug-likeness (QED) is 0.868. The predicted molar refractivity (Wildman–Crippen MR) is 75.8 cm³/mol. The predicted octanol–water partition coefficient (Wildman–Crippen LogP) is 2.40. The van der Waals surface area contributed by atoms with Gasteiger partial charge in [0.05, 0.1) is 5.56 Å². The number of carboxylic acids is 1. The number of nitrogens with one attached hydrogen (secondary N) is 1. The fraction of sp³-hybridized carbons (Fsp3) is 0.429. The number of hydrogen-bond acceptors (Lipinski definition) is 3. The van der Waals surface area contributed by atoms with E-state index in [1.54, 1.807) is 12.1 Å². The van der Waals surface area contributed by atoms with Crippen LogP contribution in [0.4, 0.5) is 0 Å². The molecule has 1 saturated carbocycles. The summed E-state index contributed by atoms with van der Waals surface area (Å²) >= 11 is 1.81. The molecule has 0 aromatic heterocycles. The van der Waals surface area contributed by atoms with Gasteiger partial charge in [-0.3, -0.25) is 4.79 Å². The molecule has 1 aliphatic rings. The van der Waals surface area contributed by atoms with Crippen LogP contribution in [0, 0.1) is 0 Å². The Labute approximate surface area is 116 Å². The first-order chi connectivity index (χ1) is 9.06. The van der Waals surface area contributed by atoms with E-state index in [-0.39, 0.29) is 16.2 Å². The highest BCUT2D eigenvalue weighted by Gasteiger charge is 2.36. The molecule has 1 aromatic carbocycles. The summed E-state index contributed by atoms with van der Waals surface area (Å²) in [5.74, 6) is -1.12. The van der Waals surface area contributed by atoms with E-state index in [1.165, 1.54) is 18.6 Å². The summed E-state index contributed by atoms with van der Waals surface area (Å²) in [6.45, 7) is 0.674. The summed E-state index contributed by atoms with van der Waals surface area (Å²) in [6.07, 6.45) is 5.59. The van der Waals surface area contributed by atoms with Crippen molar-refractivity contribution >= 4 is 23.6 Å². The lowest BCUT2D eigenvalue weighted by Gasteiger charge is -2.40. The second kappa shape index (κ2) is 5.65. The maximum atomic E-state index is 12.0.